The molecule has 0 aliphatic rings. The third-order valence-corrected chi connectivity index (χ3v) is 2.14. The molecule has 1 aromatic carbocycles. The van der Waals surface area contributed by atoms with Crippen molar-refractivity contribution in [1.29, 1.82) is 0 Å². The van der Waals surface area contributed by atoms with Crippen molar-refractivity contribution in [3.05, 3.63) is 36.4 Å². The number of hydrogen-bond donors (Lipinski definition) is 1. The van der Waals surface area contributed by atoms with Gasteiger partial charge in [0.25, 0.3) is 0 Å². The summed E-state index contributed by atoms with van der Waals surface area (Å²) in [5.41, 5.74) is 6.90. The maximum absolute atomic E-state index is 5.75. The van der Waals surface area contributed by atoms with E-state index in [1.54, 1.807) is 13.2 Å². The van der Waals surface area contributed by atoms with Crippen LogP contribution in [0, 0.1) is 0 Å². The Hall–Kier alpha value is -1.48. The van der Waals surface area contributed by atoms with E-state index in [4.69, 9.17) is 15.2 Å². The molecule has 0 aromatic heterocycles. The van der Waals surface area contributed by atoms with Gasteiger partial charge < -0.3 is 15.2 Å². The topological polar surface area (TPSA) is 44.5 Å². The Morgan fingerprint density at radius 1 is 1.44 bits per heavy atom. The van der Waals surface area contributed by atoms with Gasteiger partial charge in [0.05, 0.1) is 7.11 Å². The van der Waals surface area contributed by atoms with Crippen LogP contribution in [0.15, 0.2) is 30.9 Å². The molecular formula is C13H19NO2. The second kappa shape index (κ2) is 6.18. The van der Waals surface area contributed by atoms with E-state index in [1.165, 1.54) is 0 Å². The van der Waals surface area contributed by atoms with Crippen molar-refractivity contribution < 1.29 is 9.47 Å². The lowest BCUT2D eigenvalue weighted by Gasteiger charge is -2.12. The number of ether oxygens (including phenoxy) is 2. The molecular weight excluding hydrogens is 202 g/mol. The van der Waals surface area contributed by atoms with Crippen LogP contribution in [0.1, 0.15) is 12.5 Å². The van der Waals surface area contributed by atoms with Crippen LogP contribution in [0.4, 0.5) is 0 Å². The van der Waals surface area contributed by atoms with Gasteiger partial charge >= 0.3 is 0 Å². The first kappa shape index (κ1) is 12.6. The van der Waals surface area contributed by atoms with Gasteiger partial charge in [-0.3, -0.25) is 0 Å². The molecule has 1 atom stereocenters. The van der Waals surface area contributed by atoms with Crippen LogP contribution in [0.2, 0.25) is 0 Å². The summed E-state index contributed by atoms with van der Waals surface area (Å²) < 4.78 is 10.7. The molecule has 3 nitrogen and oxygen atoms in total. The van der Waals surface area contributed by atoms with Gasteiger partial charge in [-0.25, -0.2) is 0 Å². The Kier molecular flexibility index (Phi) is 4.86. The fraction of sp³-hybridized carbons (Fsp3) is 0.385. The summed E-state index contributed by atoms with van der Waals surface area (Å²) in [5, 5.41) is 0. The van der Waals surface area contributed by atoms with Crippen molar-refractivity contribution in [1.82, 2.24) is 0 Å². The fourth-order valence-corrected chi connectivity index (χ4v) is 1.48. The first-order chi connectivity index (χ1) is 7.67. The standard InChI is InChI=1S/C13H19NO2/c1-4-7-16-12-6-5-11(8-10(2)14)9-13(12)15-3/h4-6,9-10H,1,7-8,14H2,2-3H3. The van der Waals surface area contributed by atoms with Crippen molar-refractivity contribution in [3.8, 4) is 11.5 Å². The molecule has 0 saturated heterocycles. The summed E-state index contributed by atoms with van der Waals surface area (Å²) >= 11 is 0. The fourth-order valence-electron chi connectivity index (χ4n) is 1.48. The molecule has 1 aromatic rings. The van der Waals surface area contributed by atoms with E-state index in [9.17, 15) is 0 Å². The van der Waals surface area contributed by atoms with E-state index < -0.39 is 0 Å². The van der Waals surface area contributed by atoms with E-state index >= 15 is 0 Å². The zero-order valence-electron chi connectivity index (χ0n) is 9.90. The monoisotopic (exact) mass is 221 g/mol. The zero-order valence-corrected chi connectivity index (χ0v) is 9.90. The first-order valence-electron chi connectivity index (χ1n) is 5.33. The van der Waals surface area contributed by atoms with Gasteiger partial charge in [0.15, 0.2) is 11.5 Å². The molecule has 0 spiro atoms. The summed E-state index contributed by atoms with van der Waals surface area (Å²) in [6.07, 6.45) is 2.54. The molecule has 0 aliphatic heterocycles. The highest BCUT2D eigenvalue weighted by molar-refractivity contribution is 5.43. The highest BCUT2D eigenvalue weighted by Gasteiger charge is 2.06. The molecule has 0 fully saturated rings. The van der Waals surface area contributed by atoms with Gasteiger partial charge in [0.1, 0.15) is 6.61 Å². The van der Waals surface area contributed by atoms with Crippen LogP contribution in [-0.4, -0.2) is 19.8 Å². The molecule has 0 saturated carbocycles. The van der Waals surface area contributed by atoms with Crippen molar-refractivity contribution in [2.24, 2.45) is 5.73 Å². The van der Waals surface area contributed by atoms with Gasteiger partial charge in [-0.15, -0.1) is 0 Å². The second-order valence-electron chi connectivity index (χ2n) is 3.77. The summed E-state index contributed by atoms with van der Waals surface area (Å²) in [6, 6.07) is 6.01. The zero-order chi connectivity index (χ0) is 12.0. The minimum atomic E-state index is 0.143. The normalized spacial score (nSPS) is 11.9. The Bertz CT molecular complexity index is 348. The maximum atomic E-state index is 5.75. The predicted molar refractivity (Wildman–Crippen MR) is 66.0 cm³/mol. The predicted octanol–water partition coefficient (Wildman–Crippen LogP) is 2.15. The second-order valence-corrected chi connectivity index (χ2v) is 3.77. The highest BCUT2D eigenvalue weighted by atomic mass is 16.5. The van der Waals surface area contributed by atoms with Crippen LogP contribution in [0.25, 0.3) is 0 Å². The highest BCUT2D eigenvalue weighted by Crippen LogP contribution is 2.28. The van der Waals surface area contributed by atoms with Crippen molar-refractivity contribution >= 4 is 0 Å². The van der Waals surface area contributed by atoms with Crippen LogP contribution in [0.5, 0.6) is 11.5 Å². The van der Waals surface area contributed by atoms with Gasteiger partial charge in [0.2, 0.25) is 0 Å². The lowest BCUT2D eigenvalue weighted by atomic mass is 10.1. The van der Waals surface area contributed by atoms with Crippen molar-refractivity contribution in [2.75, 3.05) is 13.7 Å². The Labute approximate surface area is 96.9 Å². The van der Waals surface area contributed by atoms with Gasteiger partial charge in [-0.2, -0.15) is 0 Å². The van der Waals surface area contributed by atoms with Gasteiger partial charge in [-0.1, -0.05) is 18.7 Å². The van der Waals surface area contributed by atoms with Crippen molar-refractivity contribution in [2.45, 2.75) is 19.4 Å². The molecule has 0 radical (unpaired) electrons. The lowest BCUT2D eigenvalue weighted by molar-refractivity contribution is 0.326. The average Bonchev–Trinajstić information content (AvgIpc) is 2.26. The number of methoxy groups -OCH3 is 1. The van der Waals surface area contributed by atoms with E-state index in [0.29, 0.717) is 6.61 Å². The molecule has 1 rings (SSSR count). The molecule has 2 N–H and O–H groups in total. The quantitative estimate of drug-likeness (QED) is 0.749. The molecule has 16 heavy (non-hydrogen) atoms. The van der Waals surface area contributed by atoms with E-state index in [-0.39, 0.29) is 6.04 Å². The number of hydrogen-bond acceptors (Lipinski definition) is 3. The van der Waals surface area contributed by atoms with Crippen molar-refractivity contribution in [3.63, 3.8) is 0 Å². The van der Waals surface area contributed by atoms with E-state index in [1.807, 2.05) is 25.1 Å². The Morgan fingerprint density at radius 2 is 2.19 bits per heavy atom. The molecule has 3 heteroatoms. The number of nitrogens with two attached hydrogens (primary N) is 1. The molecule has 0 amide bonds. The molecule has 0 bridgehead atoms. The Balaban J connectivity index is 2.83. The van der Waals surface area contributed by atoms with Gasteiger partial charge in [0, 0.05) is 6.04 Å². The van der Waals surface area contributed by atoms with Crippen LogP contribution < -0.4 is 15.2 Å². The van der Waals surface area contributed by atoms with Crippen LogP contribution in [0.3, 0.4) is 0 Å². The SMILES string of the molecule is C=CCOc1ccc(CC(C)N)cc1OC. The van der Waals surface area contributed by atoms with Crippen LogP contribution >= 0.6 is 0 Å². The third kappa shape index (κ3) is 3.59. The Morgan fingerprint density at radius 3 is 2.75 bits per heavy atom. The summed E-state index contributed by atoms with van der Waals surface area (Å²) in [4.78, 5) is 0. The van der Waals surface area contributed by atoms with E-state index in [0.717, 1.165) is 23.5 Å². The summed E-state index contributed by atoms with van der Waals surface area (Å²) in [6.45, 7) is 6.06. The molecule has 0 aliphatic carbocycles. The lowest BCUT2D eigenvalue weighted by Crippen LogP contribution is -2.17. The minimum absolute atomic E-state index is 0.143. The average molecular weight is 221 g/mol. The molecule has 0 heterocycles. The van der Waals surface area contributed by atoms with Crippen LogP contribution in [-0.2, 0) is 6.42 Å². The molecule has 88 valence electrons. The third-order valence-electron chi connectivity index (χ3n) is 2.14. The first-order valence-corrected chi connectivity index (χ1v) is 5.33. The maximum Gasteiger partial charge on any atom is 0.161 e. The smallest absolute Gasteiger partial charge is 0.161 e. The summed E-state index contributed by atoms with van der Waals surface area (Å²) in [7, 11) is 1.63. The summed E-state index contributed by atoms with van der Waals surface area (Å²) in [5.74, 6) is 1.47. The number of rotatable bonds is 6. The van der Waals surface area contributed by atoms with E-state index in [2.05, 4.69) is 6.58 Å². The minimum Gasteiger partial charge on any atom is -0.493 e. The largest absolute Gasteiger partial charge is 0.493 e. The van der Waals surface area contributed by atoms with Gasteiger partial charge in [-0.05, 0) is 31.0 Å². The number of benzene rings is 1. The molecule has 1 unspecified atom stereocenters.